The second-order valence-electron chi connectivity index (χ2n) is 4.64. The highest BCUT2D eigenvalue weighted by Gasteiger charge is 2.25. The Balaban J connectivity index is 2.06. The van der Waals surface area contributed by atoms with Crippen LogP contribution in [-0.2, 0) is 10.0 Å². The largest absolute Gasteiger partial charge is 0.257 e. The molecular formula is C14H17N3O2S. The van der Waals surface area contributed by atoms with Gasteiger partial charge in [-0.15, -0.1) is 0 Å². The lowest BCUT2D eigenvalue weighted by Crippen LogP contribution is -2.37. The molecule has 1 aliphatic rings. The van der Waals surface area contributed by atoms with Gasteiger partial charge in [-0.05, 0) is 30.5 Å². The summed E-state index contributed by atoms with van der Waals surface area (Å²) < 4.78 is 25.9. The van der Waals surface area contributed by atoms with Crippen molar-refractivity contribution in [2.45, 2.75) is 19.3 Å². The number of aromatic nitrogens is 1. The number of nitrogens with zero attached hydrogens (tertiary/aromatic N) is 3. The van der Waals surface area contributed by atoms with Crippen LogP contribution >= 0.6 is 0 Å². The molecule has 0 spiro atoms. The number of hydrogen-bond acceptors (Lipinski definition) is 4. The Bertz CT molecular complexity index is 618. The molecule has 0 saturated carbocycles. The molecule has 6 heteroatoms. The number of unbranched alkanes of at least 4 members (excludes halogenated alkanes) is 1. The summed E-state index contributed by atoms with van der Waals surface area (Å²) in [5.74, 6) is 0.0378. The maximum Gasteiger partial charge on any atom is 0.214 e. The van der Waals surface area contributed by atoms with E-state index in [-0.39, 0.29) is 12.2 Å². The predicted octanol–water partition coefficient (Wildman–Crippen LogP) is 1.80. The van der Waals surface area contributed by atoms with Crippen molar-refractivity contribution in [2.75, 3.05) is 18.8 Å². The first-order valence-electron chi connectivity index (χ1n) is 6.59. The van der Waals surface area contributed by atoms with Crippen molar-refractivity contribution >= 4 is 15.6 Å². The highest BCUT2D eigenvalue weighted by atomic mass is 32.2. The van der Waals surface area contributed by atoms with Crippen molar-refractivity contribution < 1.29 is 8.42 Å². The Morgan fingerprint density at radius 3 is 2.95 bits per heavy atom. The first-order valence-corrected chi connectivity index (χ1v) is 8.19. The zero-order chi connectivity index (χ0) is 14.4. The van der Waals surface area contributed by atoms with Gasteiger partial charge < -0.3 is 0 Å². The third kappa shape index (κ3) is 3.65. The van der Waals surface area contributed by atoms with Crippen molar-refractivity contribution in [3.8, 4) is 6.07 Å². The van der Waals surface area contributed by atoms with E-state index in [1.165, 1.54) is 4.31 Å². The Labute approximate surface area is 119 Å². The molecule has 2 heterocycles. The molecule has 0 aliphatic carbocycles. The van der Waals surface area contributed by atoms with E-state index < -0.39 is 10.0 Å². The lowest BCUT2D eigenvalue weighted by molar-refractivity contribution is 0.442. The van der Waals surface area contributed by atoms with Crippen molar-refractivity contribution in [1.29, 1.82) is 5.26 Å². The van der Waals surface area contributed by atoms with Gasteiger partial charge in [-0.3, -0.25) is 4.98 Å². The summed E-state index contributed by atoms with van der Waals surface area (Å²) in [5, 5.41) is 8.49. The van der Waals surface area contributed by atoms with Gasteiger partial charge >= 0.3 is 0 Å². The van der Waals surface area contributed by atoms with Crippen molar-refractivity contribution in [1.82, 2.24) is 9.29 Å². The number of nitriles is 1. The normalized spacial score (nSPS) is 16.4. The zero-order valence-electron chi connectivity index (χ0n) is 11.2. The van der Waals surface area contributed by atoms with E-state index in [0.29, 0.717) is 25.9 Å². The quantitative estimate of drug-likeness (QED) is 0.775. The van der Waals surface area contributed by atoms with Gasteiger partial charge in [0.15, 0.2) is 0 Å². The monoisotopic (exact) mass is 291 g/mol. The summed E-state index contributed by atoms with van der Waals surface area (Å²) >= 11 is 0. The average molecular weight is 291 g/mol. The summed E-state index contributed by atoms with van der Waals surface area (Å²) in [6.45, 7) is 0.872. The van der Waals surface area contributed by atoms with Crippen LogP contribution in [0.5, 0.6) is 0 Å². The minimum atomic E-state index is -3.28. The number of sulfonamides is 1. The molecule has 1 aromatic heterocycles. The summed E-state index contributed by atoms with van der Waals surface area (Å²) in [6, 6.07) is 7.59. The number of hydrogen-bond donors (Lipinski definition) is 0. The van der Waals surface area contributed by atoms with Gasteiger partial charge in [0.05, 0.1) is 17.5 Å². The fraction of sp³-hybridized carbons (Fsp3) is 0.429. The van der Waals surface area contributed by atoms with Crippen LogP contribution in [0.25, 0.3) is 5.57 Å². The van der Waals surface area contributed by atoms with E-state index in [4.69, 9.17) is 5.26 Å². The molecule has 20 heavy (non-hydrogen) atoms. The summed E-state index contributed by atoms with van der Waals surface area (Å²) in [5.41, 5.74) is 1.77. The molecule has 0 aromatic carbocycles. The van der Waals surface area contributed by atoms with E-state index in [9.17, 15) is 8.42 Å². The average Bonchev–Trinajstić information content (AvgIpc) is 2.48. The highest BCUT2D eigenvalue weighted by Crippen LogP contribution is 2.21. The predicted molar refractivity (Wildman–Crippen MR) is 77.0 cm³/mol. The fourth-order valence-electron chi connectivity index (χ4n) is 2.15. The Hall–Kier alpha value is -1.71. The maximum atomic E-state index is 12.2. The molecule has 0 fully saturated rings. The van der Waals surface area contributed by atoms with Gasteiger partial charge in [0.2, 0.25) is 10.0 Å². The van der Waals surface area contributed by atoms with E-state index in [2.05, 4.69) is 4.98 Å². The van der Waals surface area contributed by atoms with Gasteiger partial charge in [-0.25, -0.2) is 8.42 Å². The highest BCUT2D eigenvalue weighted by molar-refractivity contribution is 7.89. The maximum absolute atomic E-state index is 12.2. The Kier molecular flexibility index (Phi) is 4.88. The molecule has 106 valence electrons. The van der Waals surface area contributed by atoms with Crippen LogP contribution in [0.4, 0.5) is 0 Å². The molecule has 1 aromatic rings. The van der Waals surface area contributed by atoms with Gasteiger partial charge in [-0.1, -0.05) is 12.1 Å². The van der Waals surface area contributed by atoms with E-state index in [0.717, 1.165) is 11.3 Å². The van der Waals surface area contributed by atoms with E-state index in [1.807, 2.05) is 30.3 Å². The lowest BCUT2D eigenvalue weighted by Gasteiger charge is -2.26. The van der Waals surface area contributed by atoms with Crippen LogP contribution in [0.15, 0.2) is 30.5 Å². The third-order valence-corrected chi connectivity index (χ3v) is 5.10. The molecule has 0 amide bonds. The minimum absolute atomic E-state index is 0.0378. The van der Waals surface area contributed by atoms with Gasteiger partial charge in [0.1, 0.15) is 0 Å². The van der Waals surface area contributed by atoms with Crippen LogP contribution in [0, 0.1) is 11.3 Å². The Morgan fingerprint density at radius 2 is 2.25 bits per heavy atom. The van der Waals surface area contributed by atoms with Gasteiger partial charge in [0.25, 0.3) is 0 Å². The topological polar surface area (TPSA) is 74.1 Å². The smallest absolute Gasteiger partial charge is 0.214 e. The standard InChI is InChI=1S/C14H17N3O2S/c15-8-2-4-11-20(18,19)17-10-5-6-13(12-17)14-7-1-3-9-16-14/h1,3,6-7,9H,2,4-5,10-12H2. The third-order valence-electron chi connectivity index (χ3n) is 3.19. The second kappa shape index (κ2) is 6.64. The molecule has 0 atom stereocenters. The van der Waals surface area contributed by atoms with E-state index >= 15 is 0 Å². The molecule has 0 unspecified atom stereocenters. The van der Waals surface area contributed by atoms with Crippen LogP contribution in [-0.4, -0.2) is 36.5 Å². The molecule has 0 bridgehead atoms. The van der Waals surface area contributed by atoms with Gasteiger partial charge in [0, 0.05) is 25.7 Å². The van der Waals surface area contributed by atoms with Crippen molar-refractivity contribution in [2.24, 2.45) is 0 Å². The summed E-state index contributed by atoms with van der Waals surface area (Å²) in [4.78, 5) is 4.26. The molecule has 0 radical (unpaired) electrons. The molecule has 0 saturated heterocycles. The SMILES string of the molecule is N#CCCCS(=O)(=O)N1CCC=C(c2ccccn2)C1. The van der Waals surface area contributed by atoms with Crippen LogP contribution < -0.4 is 0 Å². The summed E-state index contributed by atoms with van der Waals surface area (Å²) in [7, 11) is -3.28. The molecular weight excluding hydrogens is 274 g/mol. The van der Waals surface area contributed by atoms with Crippen LogP contribution in [0.3, 0.4) is 0 Å². The zero-order valence-corrected chi connectivity index (χ0v) is 12.0. The molecule has 1 aliphatic heterocycles. The minimum Gasteiger partial charge on any atom is -0.257 e. The fourth-order valence-corrected chi connectivity index (χ4v) is 3.64. The van der Waals surface area contributed by atoms with Crippen molar-refractivity contribution in [3.05, 3.63) is 36.2 Å². The molecule has 5 nitrogen and oxygen atoms in total. The number of rotatable bonds is 5. The van der Waals surface area contributed by atoms with E-state index in [1.54, 1.807) is 6.20 Å². The summed E-state index contributed by atoms with van der Waals surface area (Å²) in [6.07, 6.45) is 5.11. The van der Waals surface area contributed by atoms with Crippen LogP contribution in [0.1, 0.15) is 25.0 Å². The number of pyridine rings is 1. The first kappa shape index (κ1) is 14.7. The molecule has 2 rings (SSSR count). The van der Waals surface area contributed by atoms with Crippen LogP contribution in [0.2, 0.25) is 0 Å². The molecule has 0 N–H and O–H groups in total. The van der Waals surface area contributed by atoms with Gasteiger partial charge in [-0.2, -0.15) is 9.57 Å². The Morgan fingerprint density at radius 1 is 1.40 bits per heavy atom. The first-order chi connectivity index (χ1) is 9.63. The second-order valence-corrected chi connectivity index (χ2v) is 6.73. The van der Waals surface area contributed by atoms with Crippen molar-refractivity contribution in [3.63, 3.8) is 0 Å². The lowest BCUT2D eigenvalue weighted by atomic mass is 10.1.